The van der Waals surface area contributed by atoms with Crippen molar-refractivity contribution in [3.05, 3.63) is 47.0 Å². The summed E-state index contributed by atoms with van der Waals surface area (Å²) in [6.07, 6.45) is 1.12. The van der Waals surface area contributed by atoms with Crippen LogP contribution in [0.3, 0.4) is 0 Å². The molecule has 1 aliphatic rings. The Hall–Kier alpha value is -1.96. The highest BCUT2D eigenvalue weighted by Gasteiger charge is 2.12. The number of hydrogen-bond acceptors (Lipinski definition) is 2. The summed E-state index contributed by atoms with van der Waals surface area (Å²) in [5, 5.41) is 3.40. The molecule has 0 saturated heterocycles. The molecule has 19 heavy (non-hydrogen) atoms. The van der Waals surface area contributed by atoms with Crippen molar-refractivity contribution in [1.29, 1.82) is 0 Å². The zero-order chi connectivity index (χ0) is 13.4. The molecule has 0 fully saturated rings. The number of anilines is 1. The summed E-state index contributed by atoms with van der Waals surface area (Å²) in [4.78, 5) is 0. The first-order valence-electron chi connectivity index (χ1n) is 6.71. The summed E-state index contributed by atoms with van der Waals surface area (Å²) >= 11 is 0. The van der Waals surface area contributed by atoms with Gasteiger partial charge in [-0.25, -0.2) is 0 Å². The molecule has 0 aromatic heterocycles. The first-order valence-corrected chi connectivity index (χ1v) is 6.71. The molecule has 2 heteroatoms. The van der Waals surface area contributed by atoms with E-state index in [9.17, 15) is 0 Å². The number of benzene rings is 2. The first kappa shape index (κ1) is 12.1. The summed E-state index contributed by atoms with van der Waals surface area (Å²) in [5.74, 6) is 0.992. The standard InChI is InChI=1S/C17H19NO/c1-11-8-15(9-12(2)17(11)19-3)13-4-5-16-14(10-13)6-7-18-16/h4-5,8-10,18H,6-7H2,1-3H3. The van der Waals surface area contributed by atoms with Gasteiger partial charge in [0.05, 0.1) is 7.11 Å². The predicted octanol–water partition coefficient (Wildman–Crippen LogP) is 3.95. The second kappa shape index (κ2) is 4.61. The molecule has 1 heterocycles. The molecular weight excluding hydrogens is 234 g/mol. The molecule has 0 unspecified atom stereocenters. The minimum Gasteiger partial charge on any atom is -0.496 e. The number of aryl methyl sites for hydroxylation is 2. The molecule has 1 aliphatic heterocycles. The van der Waals surface area contributed by atoms with Gasteiger partial charge in [-0.2, -0.15) is 0 Å². The minimum atomic E-state index is 0.992. The molecule has 0 radical (unpaired) electrons. The lowest BCUT2D eigenvalue weighted by Crippen LogP contribution is -1.92. The summed E-state index contributed by atoms with van der Waals surface area (Å²) in [6.45, 7) is 5.26. The Kier molecular flexibility index (Phi) is 2.94. The Bertz CT molecular complexity index is 608. The molecule has 2 aromatic carbocycles. The van der Waals surface area contributed by atoms with Crippen LogP contribution in [0, 0.1) is 13.8 Å². The maximum atomic E-state index is 5.43. The Morgan fingerprint density at radius 3 is 2.42 bits per heavy atom. The summed E-state index contributed by atoms with van der Waals surface area (Å²) < 4.78 is 5.43. The van der Waals surface area contributed by atoms with Crippen LogP contribution in [0.25, 0.3) is 11.1 Å². The highest BCUT2D eigenvalue weighted by Crippen LogP contribution is 2.32. The first-order chi connectivity index (χ1) is 9.19. The number of hydrogen-bond donors (Lipinski definition) is 1. The molecule has 98 valence electrons. The van der Waals surface area contributed by atoms with Crippen LogP contribution in [0.15, 0.2) is 30.3 Å². The fraction of sp³-hybridized carbons (Fsp3) is 0.294. The molecule has 0 amide bonds. The highest BCUT2D eigenvalue weighted by molar-refractivity contribution is 5.72. The zero-order valence-electron chi connectivity index (χ0n) is 11.7. The van der Waals surface area contributed by atoms with Gasteiger partial charge in [0, 0.05) is 12.2 Å². The van der Waals surface area contributed by atoms with Crippen molar-refractivity contribution in [3.63, 3.8) is 0 Å². The Labute approximate surface area is 114 Å². The maximum Gasteiger partial charge on any atom is 0.124 e. The van der Waals surface area contributed by atoms with Crippen LogP contribution >= 0.6 is 0 Å². The van der Waals surface area contributed by atoms with Gasteiger partial charge < -0.3 is 10.1 Å². The summed E-state index contributed by atoms with van der Waals surface area (Å²) in [5.41, 5.74) is 7.64. The topological polar surface area (TPSA) is 21.3 Å². The van der Waals surface area contributed by atoms with E-state index < -0.39 is 0 Å². The molecule has 3 rings (SSSR count). The van der Waals surface area contributed by atoms with Gasteiger partial charge in [-0.15, -0.1) is 0 Å². The van der Waals surface area contributed by atoms with E-state index in [-0.39, 0.29) is 0 Å². The van der Waals surface area contributed by atoms with E-state index in [0.717, 1.165) is 18.7 Å². The monoisotopic (exact) mass is 253 g/mol. The third-order valence-corrected chi connectivity index (χ3v) is 3.81. The third kappa shape index (κ3) is 2.07. The quantitative estimate of drug-likeness (QED) is 0.875. The van der Waals surface area contributed by atoms with Crippen LogP contribution in [0.5, 0.6) is 5.75 Å². The van der Waals surface area contributed by atoms with Crippen LogP contribution in [-0.2, 0) is 6.42 Å². The van der Waals surface area contributed by atoms with E-state index >= 15 is 0 Å². The molecule has 0 saturated carbocycles. The van der Waals surface area contributed by atoms with Crippen molar-refractivity contribution in [1.82, 2.24) is 0 Å². The van der Waals surface area contributed by atoms with Crippen LogP contribution in [0.2, 0.25) is 0 Å². The number of fused-ring (bicyclic) bond motifs is 1. The fourth-order valence-electron chi connectivity index (χ4n) is 2.92. The van der Waals surface area contributed by atoms with Crippen molar-refractivity contribution in [2.45, 2.75) is 20.3 Å². The average Bonchev–Trinajstić information content (AvgIpc) is 2.85. The van der Waals surface area contributed by atoms with Crippen molar-refractivity contribution in [3.8, 4) is 16.9 Å². The molecule has 2 nitrogen and oxygen atoms in total. The van der Waals surface area contributed by atoms with Gasteiger partial charge in [-0.1, -0.05) is 6.07 Å². The second-order valence-corrected chi connectivity index (χ2v) is 5.19. The van der Waals surface area contributed by atoms with E-state index in [0.29, 0.717) is 0 Å². The summed E-state index contributed by atoms with van der Waals surface area (Å²) in [7, 11) is 1.73. The number of nitrogens with one attached hydrogen (secondary N) is 1. The largest absolute Gasteiger partial charge is 0.496 e. The predicted molar refractivity (Wildman–Crippen MR) is 80.1 cm³/mol. The van der Waals surface area contributed by atoms with Crippen LogP contribution in [0.1, 0.15) is 16.7 Å². The molecular formula is C17H19NO. The van der Waals surface area contributed by atoms with Gasteiger partial charge >= 0.3 is 0 Å². The molecule has 1 N–H and O–H groups in total. The van der Waals surface area contributed by atoms with Crippen molar-refractivity contribution >= 4 is 5.69 Å². The van der Waals surface area contributed by atoms with Gasteiger partial charge in [-0.05, 0) is 72.4 Å². The molecule has 0 aliphatic carbocycles. The number of methoxy groups -OCH3 is 1. The number of ether oxygens (including phenoxy) is 1. The Balaban J connectivity index is 2.07. The lowest BCUT2D eigenvalue weighted by Gasteiger charge is -2.12. The van der Waals surface area contributed by atoms with Gasteiger partial charge in [0.1, 0.15) is 5.75 Å². The average molecular weight is 253 g/mol. The van der Waals surface area contributed by atoms with Gasteiger partial charge in [0.2, 0.25) is 0 Å². The SMILES string of the molecule is COc1c(C)cc(-c2ccc3c(c2)CCN3)cc1C. The van der Waals surface area contributed by atoms with Gasteiger partial charge in [0.25, 0.3) is 0 Å². The lowest BCUT2D eigenvalue weighted by molar-refractivity contribution is 0.408. The smallest absolute Gasteiger partial charge is 0.124 e. The normalized spacial score (nSPS) is 13.0. The highest BCUT2D eigenvalue weighted by atomic mass is 16.5. The van der Waals surface area contributed by atoms with Crippen LogP contribution in [-0.4, -0.2) is 13.7 Å². The molecule has 2 aromatic rings. The zero-order valence-corrected chi connectivity index (χ0v) is 11.7. The fourth-order valence-corrected chi connectivity index (χ4v) is 2.92. The third-order valence-electron chi connectivity index (χ3n) is 3.81. The number of rotatable bonds is 2. The molecule has 0 atom stereocenters. The van der Waals surface area contributed by atoms with Crippen molar-refractivity contribution < 1.29 is 4.74 Å². The van der Waals surface area contributed by atoms with E-state index in [1.165, 1.54) is 33.5 Å². The lowest BCUT2D eigenvalue weighted by atomic mass is 9.97. The minimum absolute atomic E-state index is 0.992. The second-order valence-electron chi connectivity index (χ2n) is 5.19. The molecule has 0 spiro atoms. The van der Waals surface area contributed by atoms with E-state index in [2.05, 4.69) is 49.5 Å². The molecule has 0 bridgehead atoms. The van der Waals surface area contributed by atoms with E-state index in [1.807, 2.05) is 0 Å². The van der Waals surface area contributed by atoms with E-state index in [4.69, 9.17) is 4.74 Å². The van der Waals surface area contributed by atoms with Gasteiger partial charge in [-0.3, -0.25) is 0 Å². The maximum absolute atomic E-state index is 5.43. The van der Waals surface area contributed by atoms with E-state index in [1.54, 1.807) is 7.11 Å². The van der Waals surface area contributed by atoms with Crippen LogP contribution in [0.4, 0.5) is 5.69 Å². The van der Waals surface area contributed by atoms with Crippen molar-refractivity contribution in [2.75, 3.05) is 19.0 Å². The Morgan fingerprint density at radius 2 is 1.74 bits per heavy atom. The summed E-state index contributed by atoms with van der Waals surface area (Å²) in [6, 6.07) is 11.1. The van der Waals surface area contributed by atoms with Crippen molar-refractivity contribution in [2.24, 2.45) is 0 Å². The van der Waals surface area contributed by atoms with Gasteiger partial charge in [0.15, 0.2) is 0 Å². The Morgan fingerprint density at radius 1 is 1.00 bits per heavy atom. The van der Waals surface area contributed by atoms with Crippen LogP contribution < -0.4 is 10.1 Å².